The van der Waals surface area contributed by atoms with Gasteiger partial charge in [-0.1, -0.05) is 6.07 Å². The van der Waals surface area contributed by atoms with E-state index in [4.69, 9.17) is 9.84 Å². The van der Waals surface area contributed by atoms with Crippen molar-refractivity contribution >= 4 is 23.6 Å². The van der Waals surface area contributed by atoms with Crippen molar-refractivity contribution in [2.45, 2.75) is 24.0 Å². The lowest BCUT2D eigenvalue weighted by Gasteiger charge is -2.12. The van der Waals surface area contributed by atoms with Crippen LogP contribution in [-0.4, -0.2) is 42.5 Å². The number of nitrogens with one attached hydrogen (secondary N) is 1. The highest BCUT2D eigenvalue weighted by atomic mass is 32.2. The highest BCUT2D eigenvalue weighted by molar-refractivity contribution is 8.00. The van der Waals surface area contributed by atoms with Gasteiger partial charge >= 0.3 is 5.97 Å². The molecule has 0 radical (unpaired) electrons. The molecule has 0 saturated heterocycles. The van der Waals surface area contributed by atoms with Crippen LogP contribution < -0.4 is 5.32 Å². The fourth-order valence-electron chi connectivity index (χ4n) is 1.58. The second-order valence-electron chi connectivity index (χ2n) is 4.33. The van der Waals surface area contributed by atoms with Crippen molar-refractivity contribution < 1.29 is 19.4 Å². The Morgan fingerprint density at radius 3 is 2.75 bits per heavy atom. The van der Waals surface area contributed by atoms with Crippen LogP contribution in [0.3, 0.4) is 0 Å². The lowest BCUT2D eigenvalue weighted by atomic mass is 10.1. The van der Waals surface area contributed by atoms with Crippen LogP contribution in [0.4, 0.5) is 0 Å². The number of aryl methyl sites for hydroxylation is 1. The average molecular weight is 297 g/mol. The van der Waals surface area contributed by atoms with E-state index in [2.05, 4.69) is 5.32 Å². The topological polar surface area (TPSA) is 75.6 Å². The summed E-state index contributed by atoms with van der Waals surface area (Å²) in [7, 11) is 1.57. The highest BCUT2D eigenvalue weighted by Gasteiger charge is 2.15. The molecule has 1 unspecified atom stereocenters. The van der Waals surface area contributed by atoms with Crippen LogP contribution in [0.2, 0.25) is 0 Å². The zero-order chi connectivity index (χ0) is 15.1. The number of thioether (sulfide) groups is 1. The Hall–Kier alpha value is -1.53. The predicted octanol–water partition coefficient (Wildman–Crippen LogP) is 1.94. The van der Waals surface area contributed by atoms with Crippen molar-refractivity contribution in [2.75, 3.05) is 20.3 Å². The number of methoxy groups -OCH3 is 1. The number of carboxylic acids is 1. The first-order valence-corrected chi connectivity index (χ1v) is 7.11. The molecule has 0 spiro atoms. The van der Waals surface area contributed by atoms with Crippen LogP contribution >= 0.6 is 11.8 Å². The first-order valence-electron chi connectivity index (χ1n) is 6.23. The van der Waals surface area contributed by atoms with E-state index in [-0.39, 0.29) is 16.7 Å². The zero-order valence-corrected chi connectivity index (χ0v) is 12.6. The number of hydrogen-bond acceptors (Lipinski definition) is 4. The Kier molecular flexibility index (Phi) is 6.54. The quantitative estimate of drug-likeness (QED) is 0.594. The normalized spacial score (nSPS) is 11.9. The minimum Gasteiger partial charge on any atom is -0.478 e. The summed E-state index contributed by atoms with van der Waals surface area (Å²) in [6.07, 6.45) is 0. The third-order valence-electron chi connectivity index (χ3n) is 2.73. The molecule has 6 heteroatoms. The standard InChI is InChI=1S/C14H19NO4S/c1-9-4-5-11(8-12(9)14(17)18)20-10(2)13(16)15-6-7-19-3/h4-5,8,10H,6-7H2,1-3H3,(H,15,16)(H,17,18). The SMILES string of the molecule is COCCNC(=O)C(C)Sc1ccc(C)c(C(=O)O)c1. The smallest absolute Gasteiger partial charge is 0.335 e. The van der Waals surface area contributed by atoms with E-state index in [1.807, 2.05) is 6.07 Å². The molecule has 1 atom stereocenters. The number of aromatic carboxylic acids is 1. The summed E-state index contributed by atoms with van der Waals surface area (Å²) in [5.74, 6) is -1.05. The maximum atomic E-state index is 11.8. The highest BCUT2D eigenvalue weighted by Crippen LogP contribution is 2.25. The summed E-state index contributed by atoms with van der Waals surface area (Å²) in [6, 6.07) is 5.17. The number of benzene rings is 1. The third kappa shape index (κ3) is 4.86. The monoisotopic (exact) mass is 297 g/mol. The van der Waals surface area contributed by atoms with Crippen molar-refractivity contribution in [3.63, 3.8) is 0 Å². The van der Waals surface area contributed by atoms with E-state index in [1.165, 1.54) is 11.8 Å². The maximum Gasteiger partial charge on any atom is 0.335 e. The number of rotatable bonds is 7. The fourth-order valence-corrected chi connectivity index (χ4v) is 2.51. The first-order chi connectivity index (χ1) is 9.45. The van der Waals surface area contributed by atoms with E-state index in [0.29, 0.717) is 18.7 Å². The van der Waals surface area contributed by atoms with Gasteiger partial charge in [0.2, 0.25) is 5.91 Å². The third-order valence-corrected chi connectivity index (χ3v) is 3.82. The Labute approximate surface area is 122 Å². The molecule has 0 saturated carbocycles. The molecule has 1 rings (SSSR count). The van der Waals surface area contributed by atoms with Gasteiger partial charge in [0.05, 0.1) is 17.4 Å². The van der Waals surface area contributed by atoms with Gasteiger partial charge in [-0.3, -0.25) is 4.79 Å². The van der Waals surface area contributed by atoms with Crippen LogP contribution in [0.15, 0.2) is 23.1 Å². The van der Waals surface area contributed by atoms with E-state index in [9.17, 15) is 9.59 Å². The van der Waals surface area contributed by atoms with Gasteiger partial charge in [-0.2, -0.15) is 0 Å². The molecule has 1 amide bonds. The van der Waals surface area contributed by atoms with E-state index >= 15 is 0 Å². The minimum absolute atomic E-state index is 0.0931. The molecular formula is C14H19NO4S. The second-order valence-corrected chi connectivity index (χ2v) is 5.74. The molecule has 2 N–H and O–H groups in total. The van der Waals surface area contributed by atoms with Gasteiger partial charge < -0.3 is 15.2 Å². The summed E-state index contributed by atoms with van der Waals surface area (Å²) in [6.45, 7) is 4.47. The summed E-state index contributed by atoms with van der Waals surface area (Å²) in [5.41, 5.74) is 0.973. The molecule has 0 aliphatic heterocycles. The molecular weight excluding hydrogens is 278 g/mol. The van der Waals surface area contributed by atoms with Crippen LogP contribution in [0.5, 0.6) is 0 Å². The average Bonchev–Trinajstić information content (AvgIpc) is 2.40. The van der Waals surface area contributed by atoms with Crippen molar-refractivity contribution in [1.29, 1.82) is 0 Å². The molecule has 0 aromatic heterocycles. The van der Waals surface area contributed by atoms with Gasteiger partial charge in [-0.25, -0.2) is 4.79 Å². The Bertz CT molecular complexity index is 490. The lowest BCUT2D eigenvalue weighted by Crippen LogP contribution is -2.33. The molecule has 110 valence electrons. The molecule has 0 heterocycles. The Morgan fingerprint density at radius 2 is 2.15 bits per heavy atom. The van der Waals surface area contributed by atoms with Crippen molar-refractivity contribution in [2.24, 2.45) is 0 Å². The zero-order valence-electron chi connectivity index (χ0n) is 11.8. The number of carbonyl (C=O) groups excluding carboxylic acids is 1. The van der Waals surface area contributed by atoms with Crippen molar-refractivity contribution in [3.05, 3.63) is 29.3 Å². The molecule has 0 bridgehead atoms. The molecule has 0 aliphatic rings. The van der Waals surface area contributed by atoms with Gasteiger partial charge in [0.25, 0.3) is 0 Å². The summed E-state index contributed by atoms with van der Waals surface area (Å²) >= 11 is 1.33. The van der Waals surface area contributed by atoms with Crippen LogP contribution in [0.25, 0.3) is 0 Å². The van der Waals surface area contributed by atoms with Crippen LogP contribution in [-0.2, 0) is 9.53 Å². The lowest BCUT2D eigenvalue weighted by molar-refractivity contribution is -0.120. The maximum absolute atomic E-state index is 11.8. The van der Waals surface area contributed by atoms with Gasteiger partial charge in [0.1, 0.15) is 0 Å². The van der Waals surface area contributed by atoms with Crippen LogP contribution in [0, 0.1) is 6.92 Å². The van der Waals surface area contributed by atoms with Gasteiger partial charge in [-0.15, -0.1) is 11.8 Å². The number of carboxylic acid groups (broad SMARTS) is 1. The largest absolute Gasteiger partial charge is 0.478 e. The molecule has 1 aromatic carbocycles. The van der Waals surface area contributed by atoms with Gasteiger partial charge in [0, 0.05) is 18.6 Å². The van der Waals surface area contributed by atoms with E-state index in [1.54, 1.807) is 33.1 Å². The molecule has 0 fully saturated rings. The first kappa shape index (κ1) is 16.5. The summed E-state index contributed by atoms with van der Waals surface area (Å²) in [4.78, 5) is 23.6. The Balaban J connectivity index is 2.66. The number of carbonyl (C=O) groups is 2. The summed E-state index contributed by atoms with van der Waals surface area (Å²) < 4.78 is 4.86. The second kappa shape index (κ2) is 7.91. The molecule has 5 nitrogen and oxygen atoms in total. The number of ether oxygens (including phenoxy) is 1. The van der Waals surface area contributed by atoms with Crippen molar-refractivity contribution in [1.82, 2.24) is 5.32 Å². The predicted molar refractivity (Wildman–Crippen MR) is 78.3 cm³/mol. The summed E-state index contributed by atoms with van der Waals surface area (Å²) in [5, 5.41) is 11.5. The van der Waals surface area contributed by atoms with Crippen molar-refractivity contribution in [3.8, 4) is 0 Å². The number of hydrogen-bond donors (Lipinski definition) is 2. The molecule has 0 aliphatic carbocycles. The molecule has 20 heavy (non-hydrogen) atoms. The fraction of sp³-hybridized carbons (Fsp3) is 0.429. The molecule has 1 aromatic rings. The van der Waals surface area contributed by atoms with Crippen LogP contribution in [0.1, 0.15) is 22.8 Å². The van der Waals surface area contributed by atoms with E-state index < -0.39 is 5.97 Å². The van der Waals surface area contributed by atoms with Gasteiger partial charge in [-0.05, 0) is 31.5 Å². The van der Waals surface area contributed by atoms with E-state index in [0.717, 1.165) is 4.90 Å². The number of amides is 1. The Morgan fingerprint density at radius 1 is 1.45 bits per heavy atom. The minimum atomic E-state index is -0.956. The van der Waals surface area contributed by atoms with Gasteiger partial charge in [0.15, 0.2) is 0 Å².